The minimum absolute atomic E-state index is 0.227. The average molecular weight is 216 g/mol. The van der Waals surface area contributed by atoms with Crippen LogP contribution in [0.4, 0.5) is 4.39 Å². The fourth-order valence-electron chi connectivity index (χ4n) is 1.67. The molecule has 0 radical (unpaired) electrons. The summed E-state index contributed by atoms with van der Waals surface area (Å²) in [6.45, 7) is 2.01. The van der Waals surface area contributed by atoms with Crippen LogP contribution in [0.25, 0.3) is 11.1 Å². The Morgan fingerprint density at radius 2 is 1.69 bits per heavy atom. The maximum atomic E-state index is 12.8. The smallest absolute Gasteiger partial charge is 0.126 e. The first-order valence-corrected chi connectivity index (χ1v) is 5.11. The first kappa shape index (κ1) is 10.7. The van der Waals surface area contributed by atoms with Crippen molar-refractivity contribution in [2.75, 3.05) is 7.11 Å². The van der Waals surface area contributed by atoms with E-state index in [2.05, 4.69) is 0 Å². The normalized spacial score (nSPS) is 10.2. The molecule has 0 fully saturated rings. The summed E-state index contributed by atoms with van der Waals surface area (Å²) < 4.78 is 18.1. The second-order valence-electron chi connectivity index (χ2n) is 3.71. The maximum absolute atomic E-state index is 12.8. The van der Waals surface area contributed by atoms with Crippen LogP contribution in [0.15, 0.2) is 42.5 Å². The van der Waals surface area contributed by atoms with E-state index in [0.29, 0.717) is 0 Å². The molecule has 0 amide bonds. The largest absolute Gasteiger partial charge is 0.496 e. The van der Waals surface area contributed by atoms with Crippen LogP contribution in [0.1, 0.15) is 5.56 Å². The minimum atomic E-state index is -0.227. The van der Waals surface area contributed by atoms with E-state index < -0.39 is 0 Å². The number of hydrogen-bond acceptors (Lipinski definition) is 1. The fraction of sp³-hybridized carbons (Fsp3) is 0.143. The van der Waals surface area contributed by atoms with E-state index in [-0.39, 0.29) is 5.82 Å². The van der Waals surface area contributed by atoms with Gasteiger partial charge in [0.15, 0.2) is 0 Å². The van der Waals surface area contributed by atoms with E-state index in [4.69, 9.17) is 4.74 Å². The number of hydrogen-bond donors (Lipinski definition) is 0. The molecule has 0 aromatic heterocycles. The van der Waals surface area contributed by atoms with Crippen LogP contribution in [0.2, 0.25) is 0 Å². The van der Waals surface area contributed by atoms with Crippen LogP contribution in [0.5, 0.6) is 5.75 Å². The molecule has 0 aliphatic rings. The second kappa shape index (κ2) is 4.35. The molecule has 2 aromatic carbocycles. The van der Waals surface area contributed by atoms with Crippen LogP contribution >= 0.6 is 0 Å². The van der Waals surface area contributed by atoms with E-state index in [1.165, 1.54) is 12.1 Å². The van der Waals surface area contributed by atoms with E-state index in [0.717, 1.165) is 22.4 Å². The molecule has 2 rings (SSSR count). The van der Waals surface area contributed by atoms with Gasteiger partial charge in [0.1, 0.15) is 11.6 Å². The highest BCUT2D eigenvalue weighted by Gasteiger charge is 2.05. The molecule has 16 heavy (non-hydrogen) atoms. The number of methoxy groups -OCH3 is 1. The molecule has 0 unspecified atom stereocenters. The van der Waals surface area contributed by atoms with Crippen LogP contribution in [-0.2, 0) is 0 Å². The number of halogens is 1. The van der Waals surface area contributed by atoms with Gasteiger partial charge in [-0.2, -0.15) is 0 Å². The molecular weight excluding hydrogens is 203 g/mol. The lowest BCUT2D eigenvalue weighted by molar-refractivity contribution is 0.416. The molecular formula is C14H13FO. The van der Waals surface area contributed by atoms with Gasteiger partial charge in [-0.05, 0) is 36.2 Å². The summed E-state index contributed by atoms with van der Waals surface area (Å²) in [6, 6.07) is 12.4. The molecule has 0 saturated carbocycles. The van der Waals surface area contributed by atoms with Gasteiger partial charge in [-0.3, -0.25) is 0 Å². The van der Waals surface area contributed by atoms with E-state index >= 15 is 0 Å². The summed E-state index contributed by atoms with van der Waals surface area (Å²) >= 11 is 0. The zero-order chi connectivity index (χ0) is 11.5. The summed E-state index contributed by atoms with van der Waals surface area (Å²) in [7, 11) is 1.64. The van der Waals surface area contributed by atoms with E-state index in [1.807, 2.05) is 25.1 Å². The van der Waals surface area contributed by atoms with Crippen molar-refractivity contribution in [1.82, 2.24) is 0 Å². The van der Waals surface area contributed by atoms with Gasteiger partial charge in [-0.25, -0.2) is 4.39 Å². The number of benzene rings is 2. The maximum Gasteiger partial charge on any atom is 0.126 e. The van der Waals surface area contributed by atoms with Gasteiger partial charge in [0, 0.05) is 5.56 Å². The molecule has 0 aliphatic heterocycles. The molecule has 0 heterocycles. The van der Waals surface area contributed by atoms with Crippen molar-refractivity contribution in [2.45, 2.75) is 6.92 Å². The molecule has 82 valence electrons. The van der Waals surface area contributed by atoms with Crippen molar-refractivity contribution in [1.29, 1.82) is 0 Å². The number of rotatable bonds is 2. The summed E-state index contributed by atoms with van der Waals surface area (Å²) in [5, 5.41) is 0. The van der Waals surface area contributed by atoms with Gasteiger partial charge in [-0.15, -0.1) is 0 Å². The van der Waals surface area contributed by atoms with Gasteiger partial charge in [-0.1, -0.05) is 24.3 Å². The quantitative estimate of drug-likeness (QED) is 0.741. The molecule has 2 heteroatoms. The summed E-state index contributed by atoms with van der Waals surface area (Å²) in [5.74, 6) is 0.585. The molecule has 0 atom stereocenters. The molecule has 0 spiro atoms. The van der Waals surface area contributed by atoms with Crippen molar-refractivity contribution >= 4 is 0 Å². The zero-order valence-electron chi connectivity index (χ0n) is 9.33. The first-order chi connectivity index (χ1) is 7.70. The monoisotopic (exact) mass is 216 g/mol. The fourth-order valence-corrected chi connectivity index (χ4v) is 1.67. The van der Waals surface area contributed by atoms with Gasteiger partial charge in [0.25, 0.3) is 0 Å². The highest BCUT2D eigenvalue weighted by molar-refractivity contribution is 5.70. The standard InChI is InChI=1S/C14H13FO/c1-10-3-8-13(14(9-10)16-2)11-4-6-12(15)7-5-11/h3-9H,1-2H3. The Kier molecular flexibility index (Phi) is 2.91. The van der Waals surface area contributed by atoms with Crippen molar-refractivity contribution in [3.63, 3.8) is 0 Å². The Balaban J connectivity index is 2.51. The third-order valence-corrected chi connectivity index (χ3v) is 2.51. The predicted octanol–water partition coefficient (Wildman–Crippen LogP) is 3.81. The Bertz CT molecular complexity index is 489. The highest BCUT2D eigenvalue weighted by Crippen LogP contribution is 2.30. The summed E-state index contributed by atoms with van der Waals surface area (Å²) in [5.41, 5.74) is 3.08. The number of aryl methyl sites for hydroxylation is 1. The Hall–Kier alpha value is -1.83. The molecule has 0 aliphatic carbocycles. The third-order valence-electron chi connectivity index (χ3n) is 2.51. The average Bonchev–Trinajstić information content (AvgIpc) is 2.30. The van der Waals surface area contributed by atoms with Crippen LogP contribution < -0.4 is 4.74 Å². The first-order valence-electron chi connectivity index (χ1n) is 5.11. The lowest BCUT2D eigenvalue weighted by Crippen LogP contribution is -1.89. The summed E-state index contributed by atoms with van der Waals surface area (Å²) in [6.07, 6.45) is 0. The molecule has 0 bridgehead atoms. The predicted molar refractivity (Wildman–Crippen MR) is 63.1 cm³/mol. The SMILES string of the molecule is COc1cc(C)ccc1-c1ccc(F)cc1. The van der Waals surface area contributed by atoms with E-state index in [9.17, 15) is 4.39 Å². The lowest BCUT2D eigenvalue weighted by atomic mass is 10.0. The van der Waals surface area contributed by atoms with Crippen molar-refractivity contribution < 1.29 is 9.13 Å². The lowest BCUT2D eigenvalue weighted by Gasteiger charge is -2.09. The molecule has 2 aromatic rings. The Morgan fingerprint density at radius 1 is 1.00 bits per heavy atom. The Morgan fingerprint density at radius 3 is 2.31 bits per heavy atom. The zero-order valence-corrected chi connectivity index (χ0v) is 9.33. The van der Waals surface area contributed by atoms with Crippen LogP contribution in [0.3, 0.4) is 0 Å². The van der Waals surface area contributed by atoms with E-state index in [1.54, 1.807) is 19.2 Å². The van der Waals surface area contributed by atoms with Crippen molar-refractivity contribution in [3.05, 3.63) is 53.8 Å². The topological polar surface area (TPSA) is 9.23 Å². The van der Waals surface area contributed by atoms with Gasteiger partial charge in [0.2, 0.25) is 0 Å². The van der Waals surface area contributed by atoms with Crippen LogP contribution in [-0.4, -0.2) is 7.11 Å². The van der Waals surface area contributed by atoms with Gasteiger partial charge >= 0.3 is 0 Å². The molecule has 0 N–H and O–H groups in total. The van der Waals surface area contributed by atoms with Gasteiger partial charge < -0.3 is 4.74 Å². The second-order valence-corrected chi connectivity index (χ2v) is 3.71. The molecule has 1 nitrogen and oxygen atoms in total. The van der Waals surface area contributed by atoms with Crippen LogP contribution in [0, 0.1) is 12.7 Å². The van der Waals surface area contributed by atoms with Crippen molar-refractivity contribution in [3.8, 4) is 16.9 Å². The molecule has 0 saturated heterocycles. The number of ether oxygens (including phenoxy) is 1. The highest BCUT2D eigenvalue weighted by atomic mass is 19.1. The third kappa shape index (κ3) is 2.06. The Labute approximate surface area is 94.5 Å². The minimum Gasteiger partial charge on any atom is -0.496 e. The van der Waals surface area contributed by atoms with Crippen molar-refractivity contribution in [2.24, 2.45) is 0 Å². The summed E-state index contributed by atoms with van der Waals surface area (Å²) in [4.78, 5) is 0. The van der Waals surface area contributed by atoms with Gasteiger partial charge in [0.05, 0.1) is 7.11 Å².